The number of rotatable bonds is 4. The molecular formula is C17H27NO. The van der Waals surface area contributed by atoms with Crippen molar-refractivity contribution >= 4 is 5.69 Å². The molecule has 1 aromatic carbocycles. The standard InChI is InChI=1S/C17H27NO/c1-6-7-13-8-10-14(11-9-13)18-15-12-16(2,3)19-17(15,4)5/h8-11,15,18H,6-7,12H2,1-5H3. The topological polar surface area (TPSA) is 21.3 Å². The molecule has 1 fully saturated rings. The van der Waals surface area contributed by atoms with E-state index < -0.39 is 0 Å². The summed E-state index contributed by atoms with van der Waals surface area (Å²) in [7, 11) is 0. The van der Waals surface area contributed by atoms with Crippen molar-refractivity contribution in [1.82, 2.24) is 0 Å². The van der Waals surface area contributed by atoms with Crippen LogP contribution in [0.3, 0.4) is 0 Å². The van der Waals surface area contributed by atoms with Gasteiger partial charge >= 0.3 is 0 Å². The lowest BCUT2D eigenvalue weighted by atomic mass is 9.94. The highest BCUT2D eigenvalue weighted by atomic mass is 16.5. The van der Waals surface area contributed by atoms with Crippen LogP contribution >= 0.6 is 0 Å². The fourth-order valence-corrected chi connectivity index (χ4v) is 3.04. The van der Waals surface area contributed by atoms with Crippen molar-refractivity contribution in [1.29, 1.82) is 0 Å². The van der Waals surface area contributed by atoms with Crippen LogP contribution in [-0.2, 0) is 11.2 Å². The first-order valence-electron chi connectivity index (χ1n) is 7.38. The van der Waals surface area contributed by atoms with Crippen molar-refractivity contribution in [2.75, 3.05) is 5.32 Å². The van der Waals surface area contributed by atoms with Crippen LogP contribution in [0.1, 0.15) is 53.0 Å². The molecule has 19 heavy (non-hydrogen) atoms. The van der Waals surface area contributed by atoms with Crippen LogP contribution in [0.25, 0.3) is 0 Å². The van der Waals surface area contributed by atoms with Gasteiger partial charge in [-0.2, -0.15) is 0 Å². The maximum atomic E-state index is 6.12. The predicted octanol–water partition coefficient (Wildman–Crippen LogP) is 4.40. The Hall–Kier alpha value is -1.02. The molecule has 1 atom stereocenters. The largest absolute Gasteiger partial charge is 0.379 e. The van der Waals surface area contributed by atoms with Crippen molar-refractivity contribution in [2.24, 2.45) is 0 Å². The molecule has 0 aromatic heterocycles. The van der Waals surface area contributed by atoms with Crippen LogP contribution in [0.5, 0.6) is 0 Å². The molecule has 0 bridgehead atoms. The van der Waals surface area contributed by atoms with Gasteiger partial charge < -0.3 is 10.1 Å². The smallest absolute Gasteiger partial charge is 0.0834 e. The van der Waals surface area contributed by atoms with E-state index in [9.17, 15) is 0 Å². The van der Waals surface area contributed by atoms with E-state index in [1.807, 2.05) is 0 Å². The summed E-state index contributed by atoms with van der Waals surface area (Å²) in [5.74, 6) is 0. The van der Waals surface area contributed by atoms with Gasteiger partial charge in [0.15, 0.2) is 0 Å². The van der Waals surface area contributed by atoms with Gasteiger partial charge in [-0.25, -0.2) is 0 Å². The van der Waals surface area contributed by atoms with E-state index in [1.54, 1.807) is 0 Å². The Labute approximate surface area is 117 Å². The number of ether oxygens (including phenoxy) is 1. The van der Waals surface area contributed by atoms with Gasteiger partial charge in [0.25, 0.3) is 0 Å². The van der Waals surface area contributed by atoms with Gasteiger partial charge in [-0.3, -0.25) is 0 Å². The molecule has 1 aliphatic heterocycles. The van der Waals surface area contributed by atoms with E-state index in [4.69, 9.17) is 4.74 Å². The Kier molecular flexibility index (Phi) is 3.91. The number of benzene rings is 1. The molecule has 2 rings (SSSR count). The van der Waals surface area contributed by atoms with Crippen molar-refractivity contribution in [3.05, 3.63) is 29.8 Å². The zero-order valence-corrected chi connectivity index (χ0v) is 12.9. The van der Waals surface area contributed by atoms with Crippen LogP contribution in [0.4, 0.5) is 5.69 Å². The minimum atomic E-state index is -0.119. The zero-order chi connectivity index (χ0) is 14.1. The van der Waals surface area contributed by atoms with E-state index in [0.29, 0.717) is 6.04 Å². The molecule has 1 heterocycles. The average molecular weight is 261 g/mol. The zero-order valence-electron chi connectivity index (χ0n) is 12.9. The van der Waals surface area contributed by atoms with E-state index in [-0.39, 0.29) is 11.2 Å². The fourth-order valence-electron chi connectivity index (χ4n) is 3.04. The van der Waals surface area contributed by atoms with Gasteiger partial charge in [-0.15, -0.1) is 0 Å². The number of hydrogen-bond donors (Lipinski definition) is 1. The molecule has 0 spiro atoms. The van der Waals surface area contributed by atoms with Crippen LogP contribution in [-0.4, -0.2) is 17.2 Å². The van der Waals surface area contributed by atoms with E-state index in [2.05, 4.69) is 64.2 Å². The lowest BCUT2D eigenvalue weighted by molar-refractivity contribution is -0.0662. The molecule has 0 aliphatic carbocycles. The molecule has 2 nitrogen and oxygen atoms in total. The second kappa shape index (κ2) is 5.16. The second-order valence-corrected chi connectivity index (χ2v) is 6.81. The van der Waals surface area contributed by atoms with E-state index in [0.717, 1.165) is 12.8 Å². The number of nitrogens with one attached hydrogen (secondary N) is 1. The van der Waals surface area contributed by atoms with Gasteiger partial charge in [-0.05, 0) is 58.2 Å². The highest BCUT2D eigenvalue weighted by molar-refractivity contribution is 5.46. The van der Waals surface area contributed by atoms with Gasteiger partial charge in [-0.1, -0.05) is 25.5 Å². The Balaban J connectivity index is 2.05. The molecule has 1 aromatic rings. The molecule has 1 aliphatic rings. The summed E-state index contributed by atoms with van der Waals surface area (Å²) in [6, 6.07) is 9.18. The second-order valence-electron chi connectivity index (χ2n) is 6.81. The summed E-state index contributed by atoms with van der Waals surface area (Å²) in [5.41, 5.74) is 2.45. The lowest BCUT2D eigenvalue weighted by Crippen LogP contribution is -2.38. The number of aryl methyl sites for hydroxylation is 1. The molecule has 106 valence electrons. The Morgan fingerprint density at radius 3 is 2.26 bits per heavy atom. The first-order chi connectivity index (χ1) is 8.82. The number of hydrogen-bond acceptors (Lipinski definition) is 2. The third-order valence-electron chi connectivity index (χ3n) is 3.91. The summed E-state index contributed by atoms with van der Waals surface area (Å²) in [4.78, 5) is 0. The van der Waals surface area contributed by atoms with E-state index >= 15 is 0 Å². The SMILES string of the molecule is CCCc1ccc(NC2CC(C)(C)OC2(C)C)cc1. The van der Waals surface area contributed by atoms with Crippen LogP contribution in [0.15, 0.2) is 24.3 Å². The molecule has 1 N–H and O–H groups in total. The molecule has 1 saturated heterocycles. The number of anilines is 1. The maximum absolute atomic E-state index is 6.12. The minimum absolute atomic E-state index is 0.0384. The minimum Gasteiger partial charge on any atom is -0.379 e. The summed E-state index contributed by atoms with van der Waals surface area (Å²) in [5, 5.41) is 3.63. The molecule has 0 amide bonds. The summed E-state index contributed by atoms with van der Waals surface area (Å²) in [6.07, 6.45) is 3.40. The maximum Gasteiger partial charge on any atom is 0.0834 e. The molecule has 0 radical (unpaired) electrons. The summed E-state index contributed by atoms with van der Waals surface area (Å²) < 4.78 is 6.12. The van der Waals surface area contributed by atoms with Crippen molar-refractivity contribution in [3.8, 4) is 0 Å². The average Bonchev–Trinajstić information content (AvgIpc) is 2.50. The highest BCUT2D eigenvalue weighted by Gasteiger charge is 2.45. The van der Waals surface area contributed by atoms with Crippen molar-refractivity contribution in [2.45, 2.75) is 71.1 Å². The molecular weight excluding hydrogens is 234 g/mol. The Morgan fingerprint density at radius 1 is 1.16 bits per heavy atom. The van der Waals surface area contributed by atoms with E-state index in [1.165, 1.54) is 17.7 Å². The quantitative estimate of drug-likeness (QED) is 0.867. The van der Waals surface area contributed by atoms with Crippen molar-refractivity contribution in [3.63, 3.8) is 0 Å². The first-order valence-corrected chi connectivity index (χ1v) is 7.38. The van der Waals surface area contributed by atoms with Gasteiger partial charge in [0.1, 0.15) is 0 Å². The summed E-state index contributed by atoms with van der Waals surface area (Å²) in [6.45, 7) is 10.9. The van der Waals surface area contributed by atoms with Crippen molar-refractivity contribution < 1.29 is 4.74 Å². The van der Waals surface area contributed by atoms with Crippen LogP contribution < -0.4 is 5.32 Å². The predicted molar refractivity (Wildman–Crippen MR) is 81.7 cm³/mol. The third-order valence-corrected chi connectivity index (χ3v) is 3.91. The Morgan fingerprint density at radius 2 is 1.79 bits per heavy atom. The molecule has 2 heteroatoms. The molecule has 0 saturated carbocycles. The Bertz CT molecular complexity index is 419. The first kappa shape index (κ1) is 14.4. The normalized spacial score (nSPS) is 24.4. The van der Waals surface area contributed by atoms with Gasteiger partial charge in [0.2, 0.25) is 0 Å². The van der Waals surface area contributed by atoms with Gasteiger partial charge in [0, 0.05) is 5.69 Å². The monoisotopic (exact) mass is 261 g/mol. The van der Waals surface area contributed by atoms with Crippen LogP contribution in [0, 0.1) is 0 Å². The van der Waals surface area contributed by atoms with Crippen LogP contribution in [0.2, 0.25) is 0 Å². The van der Waals surface area contributed by atoms with Gasteiger partial charge in [0.05, 0.1) is 17.2 Å². The summed E-state index contributed by atoms with van der Waals surface area (Å²) >= 11 is 0. The molecule has 1 unspecified atom stereocenters. The lowest BCUT2D eigenvalue weighted by Gasteiger charge is -2.28. The third kappa shape index (κ3) is 3.50. The highest BCUT2D eigenvalue weighted by Crippen LogP contribution is 2.38. The fraction of sp³-hybridized carbons (Fsp3) is 0.647.